The zero-order chi connectivity index (χ0) is 28.6. The quantitative estimate of drug-likeness (QED) is 0.526. The average molecular weight is 546 g/mol. The number of amides is 2. The van der Waals surface area contributed by atoms with Crippen LogP contribution in [0.2, 0.25) is 0 Å². The predicted molar refractivity (Wildman–Crippen MR) is 111 cm³/mol. The highest BCUT2D eigenvalue weighted by molar-refractivity contribution is 5.86. The molecule has 0 aromatic carbocycles. The minimum Gasteiger partial charge on any atom is -0.475 e. The Morgan fingerprint density at radius 1 is 1.08 bits per heavy atom. The summed E-state index contributed by atoms with van der Waals surface area (Å²) in [7, 11) is 3.40. The van der Waals surface area contributed by atoms with Crippen LogP contribution in [-0.2, 0) is 30.5 Å². The summed E-state index contributed by atoms with van der Waals surface area (Å²) in [5.41, 5.74) is 1.13. The summed E-state index contributed by atoms with van der Waals surface area (Å²) in [5.74, 6) is -5.69. The van der Waals surface area contributed by atoms with Gasteiger partial charge >= 0.3 is 24.3 Å². The Balaban J connectivity index is 0.000000404. The normalized spacial score (nSPS) is 19.6. The fourth-order valence-corrected chi connectivity index (χ4v) is 3.11. The molecule has 37 heavy (non-hydrogen) atoms. The number of morpholine rings is 1. The largest absolute Gasteiger partial charge is 0.490 e. The van der Waals surface area contributed by atoms with Crippen molar-refractivity contribution in [3.63, 3.8) is 0 Å². The number of rotatable bonds is 4. The molecular weight excluding hydrogens is 522 g/mol. The van der Waals surface area contributed by atoms with Gasteiger partial charge < -0.3 is 24.7 Å². The Morgan fingerprint density at radius 2 is 1.62 bits per heavy atom. The molecule has 3 rings (SSSR count). The van der Waals surface area contributed by atoms with Crippen molar-refractivity contribution in [3.8, 4) is 0 Å². The van der Waals surface area contributed by atoms with Crippen LogP contribution >= 0.6 is 0 Å². The summed E-state index contributed by atoms with van der Waals surface area (Å²) in [6.45, 7) is 2.43. The number of carbonyl (C=O) groups is 4. The number of carboxylic acids is 2. The topological polar surface area (TPSA) is 141 Å². The van der Waals surface area contributed by atoms with Gasteiger partial charge in [0.1, 0.15) is 13.2 Å². The van der Waals surface area contributed by atoms with E-state index in [0.29, 0.717) is 6.54 Å². The van der Waals surface area contributed by atoms with E-state index >= 15 is 0 Å². The third-order valence-electron chi connectivity index (χ3n) is 4.87. The van der Waals surface area contributed by atoms with Crippen LogP contribution in [0.1, 0.15) is 5.56 Å². The third kappa shape index (κ3) is 10.6. The first-order valence-corrected chi connectivity index (χ1v) is 10.3. The number of ether oxygens (including phenoxy) is 1. The van der Waals surface area contributed by atoms with Crippen molar-refractivity contribution >= 4 is 23.8 Å². The molecule has 2 amide bonds. The van der Waals surface area contributed by atoms with Gasteiger partial charge in [0.25, 0.3) is 0 Å². The molecule has 3 heterocycles. The molecule has 0 bridgehead atoms. The van der Waals surface area contributed by atoms with Crippen molar-refractivity contribution in [2.45, 2.75) is 31.0 Å². The van der Waals surface area contributed by atoms with Crippen LogP contribution in [0, 0.1) is 0 Å². The van der Waals surface area contributed by atoms with Gasteiger partial charge in [0, 0.05) is 46.1 Å². The number of fused-ring (bicyclic) bond motifs is 1. The predicted octanol–water partition coefficient (Wildman–Crippen LogP) is 0.848. The van der Waals surface area contributed by atoms with Gasteiger partial charge in [0.05, 0.1) is 12.1 Å². The number of carbonyl (C=O) groups excluding carboxylic acids is 2. The van der Waals surface area contributed by atoms with Gasteiger partial charge in [-0.1, -0.05) is 6.07 Å². The Kier molecular flexibility index (Phi) is 11.2. The lowest BCUT2D eigenvalue weighted by atomic mass is 10.1. The lowest BCUT2D eigenvalue weighted by Gasteiger charge is -2.36. The number of carboxylic acid groups (broad SMARTS) is 2. The van der Waals surface area contributed by atoms with Gasteiger partial charge in [-0.2, -0.15) is 26.3 Å². The number of pyridine rings is 1. The molecule has 0 radical (unpaired) electrons. The van der Waals surface area contributed by atoms with Crippen LogP contribution < -0.4 is 0 Å². The molecule has 1 aromatic heterocycles. The SMILES string of the molecule is CN(C)C(=O)CN1C(=O)COC2CN(Cc3cccnc3)CC21.O=C(O)C(F)(F)F.O=C(O)C(F)(F)F. The number of hydrogen-bond acceptors (Lipinski definition) is 7. The van der Waals surface area contributed by atoms with Gasteiger partial charge in [-0.25, -0.2) is 9.59 Å². The molecule has 2 saturated heterocycles. The van der Waals surface area contributed by atoms with Crippen molar-refractivity contribution in [1.82, 2.24) is 19.7 Å². The minimum absolute atomic E-state index is 0.0284. The Hall–Kier alpha value is -3.47. The first-order valence-electron chi connectivity index (χ1n) is 10.3. The Bertz CT molecular complexity index is 919. The maximum Gasteiger partial charge on any atom is 0.490 e. The van der Waals surface area contributed by atoms with Gasteiger partial charge in [-0.05, 0) is 11.6 Å². The second kappa shape index (κ2) is 13.2. The van der Waals surface area contributed by atoms with Crippen LogP contribution in [0.4, 0.5) is 26.3 Å². The van der Waals surface area contributed by atoms with Crippen molar-refractivity contribution in [2.24, 2.45) is 0 Å². The van der Waals surface area contributed by atoms with Crippen LogP contribution in [0.25, 0.3) is 0 Å². The number of aliphatic carboxylic acids is 2. The van der Waals surface area contributed by atoms with Crippen molar-refractivity contribution in [3.05, 3.63) is 30.1 Å². The third-order valence-corrected chi connectivity index (χ3v) is 4.87. The molecular formula is C20H24F6N4O7. The number of likely N-dealkylation sites (tertiary alicyclic amines) is 1. The van der Waals surface area contributed by atoms with Crippen molar-refractivity contribution in [2.75, 3.05) is 40.3 Å². The van der Waals surface area contributed by atoms with Crippen LogP contribution in [-0.4, -0.2) is 118 Å². The monoisotopic (exact) mass is 546 g/mol. The molecule has 2 atom stereocenters. The fraction of sp³-hybridized carbons (Fsp3) is 0.550. The first kappa shape index (κ1) is 31.6. The highest BCUT2D eigenvalue weighted by Gasteiger charge is 2.44. The standard InChI is InChI=1S/C16H22N4O3.2C2HF3O2/c1-18(2)15(21)10-20-13-8-19(7-12-4-3-5-17-6-12)9-14(13)23-11-16(20)22;2*3-2(4,5)1(6)7/h3-6,13-14H,7-11H2,1-2H3;2*(H,6,7). The van der Waals surface area contributed by atoms with Gasteiger partial charge in [0.15, 0.2) is 0 Å². The van der Waals surface area contributed by atoms with E-state index in [2.05, 4.69) is 9.88 Å². The number of aromatic nitrogens is 1. The van der Waals surface area contributed by atoms with E-state index < -0.39 is 24.3 Å². The maximum atomic E-state index is 12.2. The molecule has 1 aromatic rings. The lowest BCUT2D eigenvalue weighted by Crippen LogP contribution is -2.56. The van der Waals surface area contributed by atoms with E-state index in [9.17, 15) is 35.9 Å². The molecule has 2 fully saturated rings. The van der Waals surface area contributed by atoms with Crippen molar-refractivity contribution < 1.29 is 60.5 Å². The Labute approximate surface area is 206 Å². The van der Waals surface area contributed by atoms with Gasteiger partial charge in [-0.3, -0.25) is 19.5 Å². The van der Waals surface area contributed by atoms with Gasteiger partial charge in [-0.15, -0.1) is 0 Å². The summed E-state index contributed by atoms with van der Waals surface area (Å²) in [6, 6.07) is 3.89. The zero-order valence-electron chi connectivity index (χ0n) is 19.5. The molecule has 0 aliphatic carbocycles. The summed E-state index contributed by atoms with van der Waals surface area (Å²) in [6.07, 6.45) is -6.59. The van der Waals surface area contributed by atoms with E-state index in [1.54, 1.807) is 25.2 Å². The average Bonchev–Trinajstić information content (AvgIpc) is 3.18. The highest BCUT2D eigenvalue weighted by Crippen LogP contribution is 2.24. The van der Waals surface area contributed by atoms with E-state index in [1.807, 2.05) is 18.3 Å². The Morgan fingerprint density at radius 3 is 2.05 bits per heavy atom. The van der Waals surface area contributed by atoms with E-state index in [-0.39, 0.29) is 37.1 Å². The molecule has 2 aliphatic heterocycles. The van der Waals surface area contributed by atoms with Gasteiger partial charge in [0.2, 0.25) is 11.8 Å². The fourth-order valence-electron chi connectivity index (χ4n) is 3.11. The zero-order valence-corrected chi connectivity index (χ0v) is 19.5. The smallest absolute Gasteiger partial charge is 0.475 e. The summed E-state index contributed by atoms with van der Waals surface area (Å²) in [5, 5.41) is 14.2. The van der Waals surface area contributed by atoms with Crippen LogP contribution in [0.5, 0.6) is 0 Å². The molecule has 208 valence electrons. The maximum absolute atomic E-state index is 12.2. The minimum atomic E-state index is -5.08. The number of halogens is 6. The number of alkyl halides is 6. The molecule has 2 aliphatic rings. The summed E-state index contributed by atoms with van der Waals surface area (Å²) in [4.78, 5) is 51.5. The molecule has 0 saturated carbocycles. The van der Waals surface area contributed by atoms with E-state index in [1.165, 1.54) is 4.90 Å². The number of nitrogens with zero attached hydrogens (tertiary/aromatic N) is 4. The van der Waals surface area contributed by atoms with E-state index in [0.717, 1.165) is 18.7 Å². The van der Waals surface area contributed by atoms with E-state index in [4.69, 9.17) is 24.5 Å². The molecule has 17 heteroatoms. The first-order chi connectivity index (χ1) is 16.9. The molecule has 11 nitrogen and oxygen atoms in total. The van der Waals surface area contributed by atoms with Crippen LogP contribution in [0.15, 0.2) is 24.5 Å². The number of hydrogen-bond donors (Lipinski definition) is 2. The highest BCUT2D eigenvalue weighted by atomic mass is 19.4. The summed E-state index contributed by atoms with van der Waals surface area (Å²) < 4.78 is 69.2. The second-order valence-corrected chi connectivity index (χ2v) is 7.89. The molecule has 2 unspecified atom stereocenters. The second-order valence-electron chi connectivity index (χ2n) is 7.89. The van der Waals surface area contributed by atoms with Crippen molar-refractivity contribution in [1.29, 1.82) is 0 Å². The van der Waals surface area contributed by atoms with Crippen LogP contribution in [0.3, 0.4) is 0 Å². The summed E-state index contributed by atoms with van der Waals surface area (Å²) >= 11 is 0. The molecule has 0 spiro atoms. The molecule has 2 N–H and O–H groups in total. The lowest BCUT2D eigenvalue weighted by molar-refractivity contribution is -0.193. The number of likely N-dealkylation sites (N-methyl/N-ethyl adjacent to an activating group) is 1.